The first-order valence-electron chi connectivity index (χ1n) is 8.46. The summed E-state index contributed by atoms with van der Waals surface area (Å²) in [6, 6.07) is 10.6. The van der Waals surface area contributed by atoms with Gasteiger partial charge in [-0.15, -0.1) is 0 Å². The van der Waals surface area contributed by atoms with E-state index in [9.17, 15) is 18.4 Å². The molecule has 3 aromatic rings. The van der Waals surface area contributed by atoms with Crippen molar-refractivity contribution in [1.29, 1.82) is 5.41 Å². The molecule has 0 unspecified atom stereocenters. The van der Waals surface area contributed by atoms with Gasteiger partial charge in [-0.25, -0.2) is 8.78 Å². The quantitative estimate of drug-likeness (QED) is 0.392. The molecule has 0 spiro atoms. The molecule has 3 rings (SSSR count). The SMILES string of the molecule is N=C(/C=C/c1ccc(F)cc1)c1cc(NC(=O)c2ccc[nH]c2=O)c(F)cc1N. The van der Waals surface area contributed by atoms with Gasteiger partial charge in [-0.3, -0.25) is 9.59 Å². The Kier molecular flexibility index (Phi) is 5.64. The number of carbonyl (C=O) groups excluding carboxylic acids is 1. The fourth-order valence-electron chi connectivity index (χ4n) is 2.55. The number of hydrogen-bond donors (Lipinski definition) is 4. The number of allylic oxidation sites excluding steroid dienone is 1. The third kappa shape index (κ3) is 4.62. The third-order valence-electron chi connectivity index (χ3n) is 4.05. The van der Waals surface area contributed by atoms with Gasteiger partial charge >= 0.3 is 0 Å². The van der Waals surface area contributed by atoms with Gasteiger partial charge in [0.1, 0.15) is 17.2 Å². The number of hydrogen-bond acceptors (Lipinski definition) is 4. The van der Waals surface area contributed by atoms with E-state index >= 15 is 0 Å². The molecule has 29 heavy (non-hydrogen) atoms. The van der Waals surface area contributed by atoms with Crippen molar-refractivity contribution < 1.29 is 13.6 Å². The number of benzene rings is 2. The van der Waals surface area contributed by atoms with Gasteiger partial charge in [0.15, 0.2) is 0 Å². The predicted molar refractivity (Wildman–Crippen MR) is 108 cm³/mol. The number of nitrogens with one attached hydrogen (secondary N) is 3. The Labute approximate surface area is 164 Å². The molecule has 0 saturated carbocycles. The van der Waals surface area contributed by atoms with E-state index in [4.69, 9.17) is 11.1 Å². The maximum Gasteiger partial charge on any atom is 0.261 e. The van der Waals surface area contributed by atoms with Crippen molar-refractivity contribution in [2.45, 2.75) is 0 Å². The molecule has 0 bridgehead atoms. The molecule has 1 heterocycles. The summed E-state index contributed by atoms with van der Waals surface area (Å²) >= 11 is 0. The molecule has 5 N–H and O–H groups in total. The number of pyridine rings is 1. The van der Waals surface area contributed by atoms with Crippen LogP contribution in [0, 0.1) is 17.0 Å². The topological polar surface area (TPSA) is 112 Å². The van der Waals surface area contributed by atoms with E-state index < -0.39 is 17.3 Å². The van der Waals surface area contributed by atoms with Gasteiger partial charge in [-0.1, -0.05) is 18.2 Å². The van der Waals surface area contributed by atoms with Gasteiger partial charge in [-0.2, -0.15) is 0 Å². The average Bonchev–Trinajstić information content (AvgIpc) is 2.69. The van der Waals surface area contributed by atoms with Crippen LogP contribution in [0.15, 0.2) is 65.6 Å². The van der Waals surface area contributed by atoms with E-state index in [0.717, 1.165) is 6.07 Å². The highest BCUT2D eigenvalue weighted by atomic mass is 19.1. The van der Waals surface area contributed by atoms with Crippen molar-refractivity contribution >= 4 is 29.1 Å². The number of aromatic nitrogens is 1. The molecule has 6 nitrogen and oxygen atoms in total. The van der Waals surface area contributed by atoms with Gasteiger partial charge in [0.2, 0.25) is 0 Å². The van der Waals surface area contributed by atoms with Gasteiger partial charge in [0, 0.05) is 17.4 Å². The van der Waals surface area contributed by atoms with Crippen LogP contribution in [0.4, 0.5) is 20.2 Å². The maximum absolute atomic E-state index is 14.3. The van der Waals surface area contributed by atoms with E-state index in [0.29, 0.717) is 5.56 Å². The lowest BCUT2D eigenvalue weighted by molar-refractivity contribution is 0.102. The lowest BCUT2D eigenvalue weighted by Gasteiger charge is -2.11. The molecule has 146 valence electrons. The summed E-state index contributed by atoms with van der Waals surface area (Å²) in [7, 11) is 0. The molecule has 0 aliphatic carbocycles. The van der Waals surface area contributed by atoms with Crippen LogP contribution in [0.2, 0.25) is 0 Å². The molecule has 0 atom stereocenters. The van der Waals surface area contributed by atoms with E-state index in [-0.39, 0.29) is 34.0 Å². The first kappa shape index (κ1) is 19.7. The second-order valence-electron chi connectivity index (χ2n) is 6.08. The Bertz CT molecular complexity index is 1170. The summed E-state index contributed by atoms with van der Waals surface area (Å²) in [5.41, 5.74) is 5.60. The first-order valence-corrected chi connectivity index (χ1v) is 8.46. The lowest BCUT2D eigenvalue weighted by Crippen LogP contribution is -2.23. The Morgan fingerprint density at radius 2 is 1.83 bits per heavy atom. The van der Waals surface area contributed by atoms with Crippen molar-refractivity contribution in [2.24, 2.45) is 0 Å². The fraction of sp³-hybridized carbons (Fsp3) is 0. The zero-order valence-electron chi connectivity index (χ0n) is 15.0. The van der Waals surface area contributed by atoms with Crippen LogP contribution in [0.3, 0.4) is 0 Å². The summed E-state index contributed by atoms with van der Waals surface area (Å²) in [6.45, 7) is 0. The minimum atomic E-state index is -0.803. The molecule has 8 heteroatoms. The molecule has 2 aromatic carbocycles. The van der Waals surface area contributed by atoms with E-state index in [2.05, 4.69) is 10.3 Å². The van der Waals surface area contributed by atoms with Crippen LogP contribution in [-0.4, -0.2) is 16.6 Å². The molecule has 1 amide bonds. The molecule has 0 aliphatic rings. The number of anilines is 2. The highest BCUT2D eigenvalue weighted by molar-refractivity contribution is 6.13. The highest BCUT2D eigenvalue weighted by Gasteiger charge is 2.15. The van der Waals surface area contributed by atoms with E-state index in [1.807, 2.05) is 0 Å². The van der Waals surface area contributed by atoms with Gasteiger partial charge in [0.05, 0.1) is 11.4 Å². The Morgan fingerprint density at radius 3 is 2.52 bits per heavy atom. The second-order valence-corrected chi connectivity index (χ2v) is 6.08. The number of H-pyrrole nitrogens is 1. The van der Waals surface area contributed by atoms with E-state index in [1.54, 1.807) is 6.08 Å². The summed E-state index contributed by atoms with van der Waals surface area (Å²) in [6.07, 6.45) is 4.37. The standard InChI is InChI=1S/C21H16F2N4O2/c22-13-6-3-12(4-7-13)5-8-17(24)15-10-19(16(23)11-18(15)25)27-21(29)14-2-1-9-26-20(14)28/h1-11,24H,25H2,(H,26,28)(H,27,29)/b8-5+,24-17?. The number of nitrogen functional groups attached to an aromatic ring is 1. The number of rotatable bonds is 5. The lowest BCUT2D eigenvalue weighted by atomic mass is 10.0. The molecule has 0 saturated heterocycles. The monoisotopic (exact) mass is 394 g/mol. The number of aromatic amines is 1. The summed E-state index contributed by atoms with van der Waals surface area (Å²) in [4.78, 5) is 26.3. The third-order valence-corrected chi connectivity index (χ3v) is 4.05. The first-order chi connectivity index (χ1) is 13.8. The molecule has 0 fully saturated rings. The summed E-state index contributed by atoms with van der Waals surface area (Å²) in [5, 5.41) is 10.5. The van der Waals surface area contributed by atoms with Crippen molar-refractivity contribution in [1.82, 2.24) is 4.98 Å². The van der Waals surface area contributed by atoms with Crippen LogP contribution in [0.5, 0.6) is 0 Å². The molecular weight excluding hydrogens is 378 g/mol. The number of nitrogens with two attached hydrogens (primary N) is 1. The number of carbonyl (C=O) groups is 1. The molecular formula is C21H16F2N4O2. The fourth-order valence-corrected chi connectivity index (χ4v) is 2.55. The number of halogens is 2. The Hall–Kier alpha value is -4.07. The highest BCUT2D eigenvalue weighted by Crippen LogP contribution is 2.23. The van der Waals surface area contributed by atoms with Gasteiger partial charge in [0.25, 0.3) is 11.5 Å². The van der Waals surface area contributed by atoms with E-state index in [1.165, 1.54) is 54.7 Å². The average molecular weight is 394 g/mol. The second kappa shape index (κ2) is 8.30. The van der Waals surface area contributed by atoms with Crippen LogP contribution in [0.25, 0.3) is 6.08 Å². The maximum atomic E-state index is 14.3. The molecule has 0 radical (unpaired) electrons. The van der Waals surface area contributed by atoms with Crippen molar-refractivity contribution in [2.75, 3.05) is 11.1 Å². The summed E-state index contributed by atoms with van der Waals surface area (Å²) in [5.74, 6) is -1.98. The van der Waals surface area contributed by atoms with Gasteiger partial charge < -0.3 is 21.4 Å². The van der Waals surface area contributed by atoms with Crippen LogP contribution in [-0.2, 0) is 0 Å². The van der Waals surface area contributed by atoms with Crippen molar-refractivity contribution in [3.63, 3.8) is 0 Å². The zero-order valence-corrected chi connectivity index (χ0v) is 15.0. The van der Waals surface area contributed by atoms with Crippen molar-refractivity contribution in [3.8, 4) is 0 Å². The summed E-state index contributed by atoms with van der Waals surface area (Å²) < 4.78 is 27.2. The van der Waals surface area contributed by atoms with Crippen LogP contribution < -0.4 is 16.6 Å². The molecule has 0 aliphatic heterocycles. The number of amides is 1. The minimum Gasteiger partial charge on any atom is -0.398 e. The Morgan fingerprint density at radius 1 is 1.10 bits per heavy atom. The van der Waals surface area contributed by atoms with Crippen LogP contribution in [0.1, 0.15) is 21.5 Å². The van der Waals surface area contributed by atoms with Gasteiger partial charge in [-0.05, 0) is 48.0 Å². The minimum absolute atomic E-state index is 0.00631. The largest absolute Gasteiger partial charge is 0.398 e. The Balaban J connectivity index is 1.86. The molecule has 1 aromatic heterocycles. The predicted octanol–water partition coefficient (Wildman–Crippen LogP) is 3.57. The van der Waals surface area contributed by atoms with Crippen molar-refractivity contribution in [3.05, 3.63) is 99.5 Å². The van der Waals surface area contributed by atoms with Crippen LogP contribution >= 0.6 is 0 Å². The smallest absolute Gasteiger partial charge is 0.261 e. The zero-order chi connectivity index (χ0) is 21.0. The normalized spacial score (nSPS) is 10.8.